The zero-order valence-corrected chi connectivity index (χ0v) is 6.46. The van der Waals surface area contributed by atoms with Crippen LogP contribution in [0.15, 0.2) is 30.3 Å². The lowest BCUT2D eigenvalue weighted by atomic mass is 10.3. The van der Waals surface area contributed by atoms with Gasteiger partial charge in [0.2, 0.25) is 6.36 Å². The highest BCUT2D eigenvalue weighted by atomic mass is 19.1. The molecular weight excluding hydrogens is 143 g/mol. The van der Waals surface area contributed by atoms with E-state index in [-0.39, 0.29) is 0 Å². The molecule has 0 saturated heterocycles. The van der Waals surface area contributed by atoms with Gasteiger partial charge in [0.15, 0.2) is 0 Å². The Morgan fingerprint density at radius 1 is 1.36 bits per heavy atom. The zero-order chi connectivity index (χ0) is 8.10. The summed E-state index contributed by atoms with van der Waals surface area (Å²) in [6.45, 7) is 1.74. The van der Waals surface area contributed by atoms with Gasteiger partial charge in [0, 0.05) is 6.42 Å². The van der Waals surface area contributed by atoms with E-state index in [0.717, 1.165) is 0 Å². The van der Waals surface area contributed by atoms with E-state index in [1.807, 2.05) is 18.2 Å². The second kappa shape index (κ2) is 3.96. The fraction of sp³-hybridized carbons (Fsp3) is 0.333. The molecule has 1 rings (SSSR count). The predicted octanol–water partition coefficient (Wildman–Crippen LogP) is 2.77. The van der Waals surface area contributed by atoms with Crippen molar-refractivity contribution in [1.82, 2.24) is 0 Å². The summed E-state index contributed by atoms with van der Waals surface area (Å²) >= 11 is 0. The third kappa shape index (κ3) is 2.58. The zero-order valence-electron chi connectivity index (χ0n) is 6.46. The number of hydrogen-bond acceptors (Lipinski definition) is 1. The Labute approximate surface area is 65.8 Å². The molecule has 0 aliphatic rings. The molecule has 0 saturated carbocycles. The van der Waals surface area contributed by atoms with E-state index in [0.29, 0.717) is 12.2 Å². The van der Waals surface area contributed by atoms with Gasteiger partial charge in [0.25, 0.3) is 0 Å². The molecule has 11 heavy (non-hydrogen) atoms. The van der Waals surface area contributed by atoms with Gasteiger partial charge in [-0.2, -0.15) is 0 Å². The van der Waals surface area contributed by atoms with Crippen LogP contribution in [0.5, 0.6) is 5.75 Å². The molecule has 1 aromatic rings. The minimum Gasteiger partial charge on any atom is -0.460 e. The van der Waals surface area contributed by atoms with Crippen molar-refractivity contribution >= 4 is 0 Å². The summed E-state index contributed by atoms with van der Waals surface area (Å²) in [6, 6.07) is 8.98. The van der Waals surface area contributed by atoms with Crippen molar-refractivity contribution in [3.8, 4) is 5.75 Å². The molecule has 1 nitrogen and oxygen atoms in total. The Balaban J connectivity index is 2.51. The normalized spacial score (nSPS) is 12.5. The molecule has 0 radical (unpaired) electrons. The van der Waals surface area contributed by atoms with Crippen LogP contribution >= 0.6 is 0 Å². The summed E-state index contributed by atoms with van der Waals surface area (Å²) in [5, 5.41) is 0. The SMILES string of the molecule is CCC(F)Oc1ccccc1. The van der Waals surface area contributed by atoms with Crippen molar-refractivity contribution in [3.05, 3.63) is 30.3 Å². The Hall–Kier alpha value is -1.05. The first kappa shape index (κ1) is 8.05. The van der Waals surface area contributed by atoms with E-state index in [1.54, 1.807) is 19.1 Å². The van der Waals surface area contributed by atoms with Crippen LogP contribution in [0.4, 0.5) is 4.39 Å². The van der Waals surface area contributed by atoms with E-state index in [9.17, 15) is 4.39 Å². The molecule has 1 unspecified atom stereocenters. The van der Waals surface area contributed by atoms with Crippen LogP contribution in [0.3, 0.4) is 0 Å². The van der Waals surface area contributed by atoms with Crippen LogP contribution in [0.25, 0.3) is 0 Å². The quantitative estimate of drug-likeness (QED) is 0.650. The molecule has 0 fully saturated rings. The van der Waals surface area contributed by atoms with E-state index in [4.69, 9.17) is 4.74 Å². The van der Waals surface area contributed by atoms with E-state index >= 15 is 0 Å². The predicted molar refractivity (Wildman–Crippen MR) is 42.3 cm³/mol. The first-order valence-corrected chi connectivity index (χ1v) is 3.68. The second-order valence-corrected chi connectivity index (χ2v) is 2.25. The van der Waals surface area contributed by atoms with Crippen molar-refractivity contribution in [1.29, 1.82) is 0 Å². The molecular formula is C9H11FO. The van der Waals surface area contributed by atoms with Crippen molar-refractivity contribution in [2.45, 2.75) is 19.7 Å². The van der Waals surface area contributed by atoms with Gasteiger partial charge >= 0.3 is 0 Å². The Kier molecular flexibility index (Phi) is 2.90. The Bertz CT molecular complexity index is 198. The van der Waals surface area contributed by atoms with Crippen LogP contribution in [0, 0.1) is 0 Å². The Morgan fingerprint density at radius 3 is 2.55 bits per heavy atom. The van der Waals surface area contributed by atoms with Gasteiger partial charge in [-0.15, -0.1) is 0 Å². The number of halogens is 1. The maximum absolute atomic E-state index is 12.6. The number of benzene rings is 1. The lowest BCUT2D eigenvalue weighted by Crippen LogP contribution is -2.07. The maximum Gasteiger partial charge on any atom is 0.238 e. The van der Waals surface area contributed by atoms with Gasteiger partial charge in [-0.05, 0) is 12.1 Å². The van der Waals surface area contributed by atoms with Crippen molar-refractivity contribution in [3.63, 3.8) is 0 Å². The molecule has 0 amide bonds. The van der Waals surface area contributed by atoms with Gasteiger partial charge in [0.1, 0.15) is 5.75 Å². The largest absolute Gasteiger partial charge is 0.460 e. The smallest absolute Gasteiger partial charge is 0.238 e. The van der Waals surface area contributed by atoms with Crippen molar-refractivity contribution in [2.75, 3.05) is 0 Å². The summed E-state index contributed by atoms with van der Waals surface area (Å²) in [5.41, 5.74) is 0. The number of alkyl halides is 1. The van der Waals surface area contributed by atoms with Crippen LogP contribution in [0.2, 0.25) is 0 Å². The summed E-state index contributed by atoms with van der Waals surface area (Å²) in [5.74, 6) is 0.585. The molecule has 1 aromatic carbocycles. The number of ether oxygens (including phenoxy) is 1. The lowest BCUT2D eigenvalue weighted by molar-refractivity contribution is 0.0642. The average Bonchev–Trinajstić information content (AvgIpc) is 2.06. The lowest BCUT2D eigenvalue weighted by Gasteiger charge is -2.07. The topological polar surface area (TPSA) is 9.23 Å². The molecule has 0 aliphatic carbocycles. The first-order valence-electron chi connectivity index (χ1n) is 3.68. The molecule has 0 spiro atoms. The minimum atomic E-state index is -1.18. The number of rotatable bonds is 3. The second-order valence-electron chi connectivity index (χ2n) is 2.25. The van der Waals surface area contributed by atoms with Gasteiger partial charge in [-0.1, -0.05) is 25.1 Å². The standard InChI is InChI=1S/C9H11FO/c1-2-9(10)11-8-6-4-3-5-7-8/h3-7,9H,2H2,1H3. The van der Waals surface area contributed by atoms with Gasteiger partial charge in [-0.25, -0.2) is 4.39 Å². The van der Waals surface area contributed by atoms with Crippen LogP contribution in [-0.4, -0.2) is 6.36 Å². The highest BCUT2D eigenvalue weighted by molar-refractivity contribution is 5.20. The summed E-state index contributed by atoms with van der Waals surface area (Å²) in [6.07, 6.45) is -0.799. The average molecular weight is 154 g/mol. The highest BCUT2D eigenvalue weighted by Gasteiger charge is 2.02. The fourth-order valence-corrected chi connectivity index (χ4v) is 0.730. The van der Waals surface area contributed by atoms with Crippen molar-refractivity contribution in [2.24, 2.45) is 0 Å². The number of hydrogen-bond donors (Lipinski definition) is 0. The summed E-state index contributed by atoms with van der Waals surface area (Å²) < 4.78 is 17.5. The molecule has 0 bridgehead atoms. The number of para-hydroxylation sites is 1. The molecule has 0 aliphatic heterocycles. The fourth-order valence-electron chi connectivity index (χ4n) is 0.730. The molecule has 1 atom stereocenters. The van der Waals surface area contributed by atoms with E-state index in [2.05, 4.69) is 0 Å². The van der Waals surface area contributed by atoms with Crippen LogP contribution in [-0.2, 0) is 0 Å². The van der Waals surface area contributed by atoms with Gasteiger partial charge < -0.3 is 4.74 Å². The maximum atomic E-state index is 12.6. The van der Waals surface area contributed by atoms with Crippen molar-refractivity contribution < 1.29 is 9.13 Å². The van der Waals surface area contributed by atoms with Crippen LogP contribution < -0.4 is 4.74 Å². The monoisotopic (exact) mass is 154 g/mol. The summed E-state index contributed by atoms with van der Waals surface area (Å²) in [4.78, 5) is 0. The molecule has 60 valence electrons. The molecule has 0 heterocycles. The first-order chi connectivity index (χ1) is 5.33. The summed E-state index contributed by atoms with van der Waals surface area (Å²) in [7, 11) is 0. The molecule has 0 N–H and O–H groups in total. The highest BCUT2D eigenvalue weighted by Crippen LogP contribution is 2.12. The van der Waals surface area contributed by atoms with Gasteiger partial charge in [-0.3, -0.25) is 0 Å². The minimum absolute atomic E-state index is 0.384. The van der Waals surface area contributed by atoms with E-state index in [1.165, 1.54) is 0 Å². The third-order valence-corrected chi connectivity index (χ3v) is 1.33. The van der Waals surface area contributed by atoms with Gasteiger partial charge in [0.05, 0.1) is 0 Å². The Morgan fingerprint density at radius 2 is 2.00 bits per heavy atom. The third-order valence-electron chi connectivity index (χ3n) is 1.33. The molecule has 2 heteroatoms. The molecule has 0 aromatic heterocycles. The van der Waals surface area contributed by atoms with Crippen LogP contribution in [0.1, 0.15) is 13.3 Å². The van der Waals surface area contributed by atoms with E-state index < -0.39 is 6.36 Å².